The van der Waals surface area contributed by atoms with Crippen LogP contribution in [0.3, 0.4) is 0 Å². The molecule has 1 aromatic carbocycles. The summed E-state index contributed by atoms with van der Waals surface area (Å²) in [7, 11) is 0. The molecule has 0 aliphatic heterocycles. The fraction of sp³-hybridized carbons (Fsp3) is 0.214. The second-order valence-electron chi connectivity index (χ2n) is 4.00. The van der Waals surface area contributed by atoms with Gasteiger partial charge in [0, 0.05) is 10.4 Å². The van der Waals surface area contributed by atoms with Crippen molar-refractivity contribution in [2.75, 3.05) is 12.3 Å². The number of nitrogens with two attached hydrogens (primary N) is 1. The molecule has 100 valence electrons. The number of benzene rings is 1. The minimum Gasteiger partial charge on any atom is -0.462 e. The second kappa shape index (κ2) is 5.40. The highest BCUT2D eigenvalue weighted by molar-refractivity contribution is 7.16. The lowest BCUT2D eigenvalue weighted by molar-refractivity contribution is 0.0529. The summed E-state index contributed by atoms with van der Waals surface area (Å²) in [5, 5.41) is 0.426. The molecule has 0 atom stereocenters. The smallest absolute Gasteiger partial charge is 0.341 e. The normalized spacial score (nSPS) is 10.5. The van der Waals surface area contributed by atoms with Crippen molar-refractivity contribution in [1.29, 1.82) is 0 Å². The first-order chi connectivity index (χ1) is 9.04. The summed E-state index contributed by atoms with van der Waals surface area (Å²) in [5.74, 6) is -0.758. The van der Waals surface area contributed by atoms with Crippen LogP contribution in [0.25, 0.3) is 11.1 Å². The van der Waals surface area contributed by atoms with Gasteiger partial charge in [-0.1, -0.05) is 12.1 Å². The van der Waals surface area contributed by atoms with Crippen molar-refractivity contribution < 1.29 is 13.9 Å². The molecule has 0 saturated heterocycles. The number of esters is 1. The van der Waals surface area contributed by atoms with Gasteiger partial charge in [0.15, 0.2) is 0 Å². The molecule has 3 nitrogen and oxygen atoms in total. The SMILES string of the molecule is CCOC(=O)c1c(N)sc(C)c1-c1ccc(F)cc1. The van der Waals surface area contributed by atoms with E-state index in [9.17, 15) is 9.18 Å². The molecule has 0 saturated carbocycles. The molecule has 2 aromatic rings. The van der Waals surface area contributed by atoms with Gasteiger partial charge >= 0.3 is 5.97 Å². The van der Waals surface area contributed by atoms with E-state index in [0.717, 1.165) is 16.0 Å². The first-order valence-electron chi connectivity index (χ1n) is 5.86. The van der Waals surface area contributed by atoms with Crippen LogP contribution in [0.1, 0.15) is 22.2 Å². The molecular formula is C14H14FNO2S. The zero-order valence-electron chi connectivity index (χ0n) is 10.7. The summed E-state index contributed by atoms with van der Waals surface area (Å²) in [6.07, 6.45) is 0. The molecular weight excluding hydrogens is 265 g/mol. The topological polar surface area (TPSA) is 52.3 Å². The van der Waals surface area contributed by atoms with E-state index in [-0.39, 0.29) is 12.4 Å². The maximum atomic E-state index is 13.0. The quantitative estimate of drug-likeness (QED) is 0.873. The molecule has 0 radical (unpaired) electrons. The predicted molar refractivity (Wildman–Crippen MR) is 74.8 cm³/mol. The van der Waals surface area contributed by atoms with Gasteiger partial charge in [0.05, 0.1) is 6.61 Å². The van der Waals surface area contributed by atoms with Crippen molar-refractivity contribution in [2.45, 2.75) is 13.8 Å². The van der Waals surface area contributed by atoms with Crippen LogP contribution >= 0.6 is 11.3 Å². The Balaban J connectivity index is 2.56. The summed E-state index contributed by atoms with van der Waals surface area (Å²) in [5.41, 5.74) is 7.74. The van der Waals surface area contributed by atoms with Gasteiger partial charge in [-0.2, -0.15) is 0 Å². The van der Waals surface area contributed by atoms with Crippen LogP contribution in [0, 0.1) is 12.7 Å². The van der Waals surface area contributed by atoms with Crippen LogP contribution in [0.4, 0.5) is 9.39 Å². The van der Waals surface area contributed by atoms with Gasteiger partial charge in [0.1, 0.15) is 16.4 Å². The number of hydrogen-bond donors (Lipinski definition) is 1. The average molecular weight is 279 g/mol. The van der Waals surface area contributed by atoms with Crippen LogP contribution in [0.5, 0.6) is 0 Å². The fourth-order valence-electron chi connectivity index (χ4n) is 1.94. The monoisotopic (exact) mass is 279 g/mol. The lowest BCUT2D eigenvalue weighted by Crippen LogP contribution is -2.07. The van der Waals surface area contributed by atoms with Gasteiger partial charge in [-0.3, -0.25) is 0 Å². The number of halogens is 1. The highest BCUT2D eigenvalue weighted by Gasteiger charge is 2.22. The Morgan fingerprint density at radius 3 is 2.58 bits per heavy atom. The summed E-state index contributed by atoms with van der Waals surface area (Å²) >= 11 is 1.33. The van der Waals surface area contributed by atoms with E-state index >= 15 is 0 Å². The molecule has 0 amide bonds. The van der Waals surface area contributed by atoms with E-state index in [1.165, 1.54) is 23.5 Å². The zero-order chi connectivity index (χ0) is 14.0. The molecule has 0 unspecified atom stereocenters. The third-order valence-corrected chi connectivity index (χ3v) is 3.66. The Hall–Kier alpha value is -1.88. The molecule has 0 spiro atoms. The molecule has 1 aromatic heterocycles. The Bertz CT molecular complexity index is 605. The number of thiophene rings is 1. The van der Waals surface area contributed by atoms with Gasteiger partial charge in [0.2, 0.25) is 0 Å². The van der Waals surface area contributed by atoms with Crippen molar-refractivity contribution in [2.24, 2.45) is 0 Å². The molecule has 0 aliphatic carbocycles. The summed E-state index contributed by atoms with van der Waals surface area (Å²) in [4.78, 5) is 12.9. The largest absolute Gasteiger partial charge is 0.462 e. The summed E-state index contributed by atoms with van der Waals surface area (Å²) < 4.78 is 18.0. The van der Waals surface area contributed by atoms with E-state index in [4.69, 9.17) is 10.5 Å². The first-order valence-corrected chi connectivity index (χ1v) is 6.68. The molecule has 2 rings (SSSR count). The van der Waals surface area contributed by atoms with E-state index in [1.54, 1.807) is 19.1 Å². The number of ether oxygens (including phenoxy) is 1. The standard InChI is InChI=1S/C14H14FNO2S/c1-3-18-14(17)12-11(8(2)19-13(12)16)9-4-6-10(15)7-5-9/h4-7H,3,16H2,1-2H3. The number of hydrogen-bond acceptors (Lipinski definition) is 4. The lowest BCUT2D eigenvalue weighted by atomic mass is 10.0. The van der Waals surface area contributed by atoms with Crippen LogP contribution in [0.2, 0.25) is 0 Å². The maximum absolute atomic E-state index is 13.0. The highest BCUT2D eigenvalue weighted by atomic mass is 32.1. The fourth-order valence-corrected chi connectivity index (χ4v) is 2.88. The highest BCUT2D eigenvalue weighted by Crippen LogP contribution is 2.38. The molecule has 0 fully saturated rings. The zero-order valence-corrected chi connectivity index (χ0v) is 11.5. The maximum Gasteiger partial charge on any atom is 0.341 e. The van der Waals surface area contributed by atoms with Crippen LogP contribution in [-0.2, 0) is 4.74 Å². The van der Waals surface area contributed by atoms with Crippen LogP contribution in [-0.4, -0.2) is 12.6 Å². The molecule has 0 bridgehead atoms. The average Bonchev–Trinajstić information content (AvgIpc) is 2.65. The molecule has 2 N–H and O–H groups in total. The predicted octanol–water partition coefficient (Wildman–Crippen LogP) is 3.62. The minimum absolute atomic E-state index is 0.288. The van der Waals surface area contributed by atoms with E-state index in [2.05, 4.69) is 0 Å². The van der Waals surface area contributed by atoms with Gasteiger partial charge in [-0.05, 0) is 31.5 Å². The van der Waals surface area contributed by atoms with Gasteiger partial charge in [0.25, 0.3) is 0 Å². The van der Waals surface area contributed by atoms with Gasteiger partial charge < -0.3 is 10.5 Å². The van der Waals surface area contributed by atoms with Crippen LogP contribution < -0.4 is 5.73 Å². The second-order valence-corrected chi connectivity index (χ2v) is 5.26. The number of rotatable bonds is 3. The van der Waals surface area contributed by atoms with Crippen molar-refractivity contribution in [1.82, 2.24) is 0 Å². The molecule has 19 heavy (non-hydrogen) atoms. The van der Waals surface area contributed by atoms with Crippen molar-refractivity contribution in [3.8, 4) is 11.1 Å². The van der Waals surface area contributed by atoms with Gasteiger partial charge in [-0.15, -0.1) is 11.3 Å². The van der Waals surface area contributed by atoms with Crippen molar-refractivity contribution >= 4 is 22.3 Å². The Kier molecular flexibility index (Phi) is 3.85. The first kappa shape index (κ1) is 13.5. The van der Waals surface area contributed by atoms with Crippen molar-refractivity contribution in [3.05, 3.63) is 40.5 Å². The molecule has 0 aliphatic rings. The van der Waals surface area contributed by atoms with Crippen LogP contribution in [0.15, 0.2) is 24.3 Å². The molecule has 5 heteroatoms. The number of carbonyl (C=O) groups is 1. The Morgan fingerprint density at radius 1 is 1.37 bits per heavy atom. The van der Waals surface area contributed by atoms with E-state index < -0.39 is 5.97 Å². The van der Waals surface area contributed by atoms with E-state index in [1.807, 2.05) is 6.92 Å². The Morgan fingerprint density at radius 2 is 2.00 bits per heavy atom. The van der Waals surface area contributed by atoms with E-state index in [0.29, 0.717) is 10.6 Å². The Labute approximate surface area is 114 Å². The number of anilines is 1. The minimum atomic E-state index is -0.441. The lowest BCUT2D eigenvalue weighted by Gasteiger charge is -2.06. The van der Waals surface area contributed by atoms with Gasteiger partial charge in [-0.25, -0.2) is 9.18 Å². The molecule has 1 heterocycles. The summed E-state index contributed by atoms with van der Waals surface area (Å²) in [6, 6.07) is 5.98. The third-order valence-electron chi connectivity index (χ3n) is 2.72. The number of aryl methyl sites for hydroxylation is 1. The number of carbonyl (C=O) groups excluding carboxylic acids is 1. The summed E-state index contributed by atoms with van der Waals surface area (Å²) in [6.45, 7) is 3.91. The third kappa shape index (κ3) is 2.61. The number of nitrogen functional groups attached to an aromatic ring is 1. The van der Waals surface area contributed by atoms with Crippen molar-refractivity contribution in [3.63, 3.8) is 0 Å².